The van der Waals surface area contributed by atoms with Crippen molar-refractivity contribution in [2.75, 3.05) is 0 Å². The number of ether oxygens (including phenoxy) is 1. The molecule has 0 fully saturated rings. The van der Waals surface area contributed by atoms with Gasteiger partial charge in [0.1, 0.15) is 5.75 Å². The van der Waals surface area contributed by atoms with E-state index in [0.29, 0.717) is 28.1 Å². The van der Waals surface area contributed by atoms with Gasteiger partial charge in [-0.1, -0.05) is 59.6 Å². The van der Waals surface area contributed by atoms with Gasteiger partial charge in [0.2, 0.25) is 0 Å². The molecule has 0 saturated carbocycles. The zero-order valence-electron chi connectivity index (χ0n) is 11.1. The molecule has 0 bridgehead atoms. The first-order valence-corrected chi connectivity index (χ1v) is 7.29. The van der Waals surface area contributed by atoms with E-state index in [2.05, 4.69) is 0 Å². The molecule has 2 nitrogen and oxygen atoms in total. The Morgan fingerprint density at radius 2 is 1.57 bits per heavy atom. The van der Waals surface area contributed by atoms with Crippen LogP contribution in [0.3, 0.4) is 0 Å². The van der Waals surface area contributed by atoms with E-state index in [4.69, 9.17) is 33.7 Å². The van der Waals surface area contributed by atoms with E-state index in [-0.39, 0.29) is 0 Å². The lowest BCUT2D eigenvalue weighted by Crippen LogP contribution is -2.00. The van der Waals surface area contributed by atoms with Crippen LogP contribution in [0.2, 0.25) is 10.0 Å². The molecule has 0 amide bonds. The van der Waals surface area contributed by atoms with Gasteiger partial charge in [-0.05, 0) is 18.2 Å². The number of fused-ring (bicyclic) bond motifs is 1. The first-order valence-electron chi connectivity index (χ1n) is 6.53. The van der Waals surface area contributed by atoms with Crippen molar-refractivity contribution in [3.8, 4) is 11.5 Å². The average molecular weight is 318 g/mol. The van der Waals surface area contributed by atoms with Gasteiger partial charge in [0.15, 0.2) is 5.75 Å². The van der Waals surface area contributed by atoms with Crippen molar-refractivity contribution < 1.29 is 4.74 Å². The van der Waals surface area contributed by atoms with Gasteiger partial charge in [-0.15, -0.1) is 0 Å². The zero-order chi connectivity index (χ0) is 14.8. The molecule has 0 heterocycles. The Bertz CT molecular complexity index is 802. The third kappa shape index (κ3) is 2.70. The second-order valence-electron chi connectivity index (χ2n) is 4.63. The van der Waals surface area contributed by atoms with Gasteiger partial charge in [0.05, 0.1) is 5.02 Å². The second kappa shape index (κ2) is 5.94. The van der Waals surface area contributed by atoms with Gasteiger partial charge in [-0.3, -0.25) is 0 Å². The molecule has 0 atom stereocenters. The zero-order valence-corrected chi connectivity index (χ0v) is 12.7. The number of hydrogen-bond acceptors (Lipinski definition) is 2. The molecular formula is C17H13Cl2NO. The van der Waals surface area contributed by atoms with Gasteiger partial charge in [-0.2, -0.15) is 0 Å². The molecule has 3 rings (SSSR count). The van der Waals surface area contributed by atoms with E-state index < -0.39 is 0 Å². The number of para-hydroxylation sites is 1. The topological polar surface area (TPSA) is 35.2 Å². The Morgan fingerprint density at radius 1 is 0.810 bits per heavy atom. The highest BCUT2D eigenvalue weighted by Gasteiger charge is 2.11. The molecule has 3 aromatic rings. The van der Waals surface area contributed by atoms with Crippen molar-refractivity contribution in [2.24, 2.45) is 5.73 Å². The molecule has 0 saturated heterocycles. The summed E-state index contributed by atoms with van der Waals surface area (Å²) in [5.41, 5.74) is 6.61. The Hall–Kier alpha value is -1.74. The maximum Gasteiger partial charge on any atom is 0.150 e. The number of rotatable bonds is 3. The highest BCUT2D eigenvalue weighted by molar-refractivity contribution is 6.35. The summed E-state index contributed by atoms with van der Waals surface area (Å²) in [6.45, 7) is 0.363. The lowest BCUT2D eigenvalue weighted by Gasteiger charge is -2.14. The van der Waals surface area contributed by atoms with Gasteiger partial charge < -0.3 is 10.5 Å². The number of benzene rings is 3. The van der Waals surface area contributed by atoms with Crippen molar-refractivity contribution in [3.63, 3.8) is 0 Å². The molecule has 2 N–H and O–H groups in total. The molecule has 21 heavy (non-hydrogen) atoms. The SMILES string of the molecule is NCc1cccc(Cl)c1Oc1ccc(Cl)c2ccccc12. The predicted molar refractivity (Wildman–Crippen MR) is 88.4 cm³/mol. The van der Waals surface area contributed by atoms with Crippen LogP contribution < -0.4 is 10.5 Å². The standard InChI is InChI=1S/C17H13Cl2NO/c18-14-8-9-16(13-6-2-1-5-12(13)14)21-17-11(10-20)4-3-7-15(17)19/h1-9H,10,20H2. The fourth-order valence-electron chi connectivity index (χ4n) is 2.26. The van der Waals surface area contributed by atoms with E-state index in [0.717, 1.165) is 16.3 Å². The van der Waals surface area contributed by atoms with Crippen molar-refractivity contribution in [1.29, 1.82) is 0 Å². The fraction of sp³-hybridized carbons (Fsp3) is 0.0588. The largest absolute Gasteiger partial charge is 0.455 e. The van der Waals surface area contributed by atoms with Crippen LogP contribution in [0.15, 0.2) is 54.6 Å². The summed E-state index contributed by atoms with van der Waals surface area (Å²) in [5.74, 6) is 1.30. The normalized spacial score (nSPS) is 10.8. The summed E-state index contributed by atoms with van der Waals surface area (Å²) in [6.07, 6.45) is 0. The smallest absolute Gasteiger partial charge is 0.150 e. The van der Waals surface area contributed by atoms with Crippen LogP contribution in [0.5, 0.6) is 11.5 Å². The number of hydrogen-bond donors (Lipinski definition) is 1. The van der Waals surface area contributed by atoms with Crippen LogP contribution in [0.25, 0.3) is 10.8 Å². The molecule has 3 aromatic carbocycles. The molecule has 0 spiro atoms. The van der Waals surface area contributed by atoms with Crippen molar-refractivity contribution in [2.45, 2.75) is 6.54 Å². The molecule has 0 aliphatic rings. The molecule has 106 valence electrons. The predicted octanol–water partition coefficient (Wildman–Crippen LogP) is 5.40. The van der Waals surface area contributed by atoms with Crippen LogP contribution >= 0.6 is 23.2 Å². The third-order valence-electron chi connectivity index (χ3n) is 3.31. The molecule has 0 aliphatic carbocycles. The summed E-state index contributed by atoms with van der Waals surface area (Å²) in [5, 5.41) is 3.11. The minimum atomic E-state index is 0.363. The van der Waals surface area contributed by atoms with E-state index >= 15 is 0 Å². The van der Waals surface area contributed by atoms with E-state index in [1.165, 1.54) is 0 Å². The Labute approximate surface area is 133 Å². The van der Waals surface area contributed by atoms with Crippen molar-refractivity contribution in [1.82, 2.24) is 0 Å². The first-order chi connectivity index (χ1) is 10.2. The second-order valence-corrected chi connectivity index (χ2v) is 5.44. The summed E-state index contributed by atoms with van der Waals surface area (Å²) < 4.78 is 6.03. The molecule has 0 aromatic heterocycles. The summed E-state index contributed by atoms with van der Waals surface area (Å²) >= 11 is 12.5. The summed E-state index contributed by atoms with van der Waals surface area (Å²) in [7, 11) is 0. The van der Waals surface area contributed by atoms with E-state index in [1.54, 1.807) is 6.07 Å². The summed E-state index contributed by atoms with van der Waals surface area (Å²) in [4.78, 5) is 0. The van der Waals surface area contributed by atoms with Crippen LogP contribution in [0.1, 0.15) is 5.56 Å². The first kappa shape index (κ1) is 14.2. The molecule has 0 unspecified atom stereocenters. The number of halogens is 2. The van der Waals surface area contributed by atoms with Crippen molar-refractivity contribution >= 4 is 34.0 Å². The van der Waals surface area contributed by atoms with Crippen LogP contribution in [0.4, 0.5) is 0 Å². The van der Waals surface area contributed by atoms with Gasteiger partial charge in [0.25, 0.3) is 0 Å². The minimum absolute atomic E-state index is 0.363. The summed E-state index contributed by atoms with van der Waals surface area (Å²) in [6, 6.07) is 17.0. The van der Waals surface area contributed by atoms with Crippen molar-refractivity contribution in [3.05, 3.63) is 70.2 Å². The quantitative estimate of drug-likeness (QED) is 0.702. The lowest BCUT2D eigenvalue weighted by molar-refractivity contribution is 0.482. The monoisotopic (exact) mass is 317 g/mol. The molecule has 0 radical (unpaired) electrons. The Kier molecular flexibility index (Phi) is 4.02. The maximum absolute atomic E-state index is 6.23. The number of nitrogens with two attached hydrogens (primary N) is 1. The van der Waals surface area contributed by atoms with Gasteiger partial charge in [0, 0.05) is 27.9 Å². The Balaban J connectivity index is 2.13. The molecule has 4 heteroatoms. The average Bonchev–Trinajstić information content (AvgIpc) is 2.52. The minimum Gasteiger partial charge on any atom is -0.455 e. The van der Waals surface area contributed by atoms with Crippen LogP contribution in [0, 0.1) is 0 Å². The van der Waals surface area contributed by atoms with Crippen LogP contribution in [-0.4, -0.2) is 0 Å². The molecule has 0 aliphatic heterocycles. The van der Waals surface area contributed by atoms with E-state index in [9.17, 15) is 0 Å². The third-order valence-corrected chi connectivity index (χ3v) is 3.94. The van der Waals surface area contributed by atoms with E-state index in [1.807, 2.05) is 48.5 Å². The van der Waals surface area contributed by atoms with Crippen LogP contribution in [-0.2, 0) is 6.54 Å². The molecular weight excluding hydrogens is 305 g/mol. The highest BCUT2D eigenvalue weighted by atomic mass is 35.5. The highest BCUT2D eigenvalue weighted by Crippen LogP contribution is 2.38. The lowest BCUT2D eigenvalue weighted by atomic mass is 10.1. The maximum atomic E-state index is 6.23. The van der Waals surface area contributed by atoms with Gasteiger partial charge >= 0.3 is 0 Å². The fourth-order valence-corrected chi connectivity index (χ4v) is 2.72. The Morgan fingerprint density at radius 3 is 2.33 bits per heavy atom. The van der Waals surface area contributed by atoms with Gasteiger partial charge in [-0.25, -0.2) is 0 Å².